The highest BCUT2D eigenvalue weighted by molar-refractivity contribution is 7.98. The summed E-state index contributed by atoms with van der Waals surface area (Å²) in [5.41, 5.74) is 1.09. The molecule has 23 heavy (non-hydrogen) atoms. The number of piperidine rings is 1. The Bertz CT molecular complexity index is 644. The van der Waals surface area contributed by atoms with Gasteiger partial charge in [0.2, 0.25) is 5.88 Å². The van der Waals surface area contributed by atoms with E-state index in [0.717, 1.165) is 55.0 Å². The maximum Gasteiger partial charge on any atom is 0.216 e. The molecular formula is C17H22N4OS. The van der Waals surface area contributed by atoms with E-state index in [4.69, 9.17) is 4.74 Å². The molecule has 1 saturated heterocycles. The van der Waals surface area contributed by atoms with Gasteiger partial charge in [0.05, 0.1) is 6.61 Å². The Kier molecular flexibility index (Phi) is 5.33. The maximum absolute atomic E-state index is 5.90. The van der Waals surface area contributed by atoms with Gasteiger partial charge in [0.25, 0.3) is 0 Å². The largest absolute Gasteiger partial charge is 0.477 e. The lowest BCUT2D eigenvalue weighted by Crippen LogP contribution is -2.36. The number of aryl methyl sites for hydroxylation is 1. The van der Waals surface area contributed by atoms with Crippen LogP contribution in [-0.2, 0) is 0 Å². The second-order valence-corrected chi connectivity index (χ2v) is 6.54. The van der Waals surface area contributed by atoms with Gasteiger partial charge in [-0.25, -0.2) is 15.0 Å². The molecule has 3 heterocycles. The molecule has 5 nitrogen and oxygen atoms in total. The summed E-state index contributed by atoms with van der Waals surface area (Å²) in [6, 6.07) is 5.96. The van der Waals surface area contributed by atoms with Crippen molar-refractivity contribution in [2.45, 2.75) is 24.9 Å². The van der Waals surface area contributed by atoms with Crippen LogP contribution in [0.2, 0.25) is 0 Å². The van der Waals surface area contributed by atoms with Crippen LogP contribution in [0.1, 0.15) is 18.4 Å². The smallest absolute Gasteiger partial charge is 0.216 e. The van der Waals surface area contributed by atoms with Crippen molar-refractivity contribution in [3.63, 3.8) is 0 Å². The third-order valence-electron chi connectivity index (χ3n) is 4.16. The Balaban J connectivity index is 1.51. The lowest BCUT2D eigenvalue weighted by Gasteiger charge is -2.32. The highest BCUT2D eigenvalue weighted by Crippen LogP contribution is 2.24. The first kappa shape index (κ1) is 16.1. The van der Waals surface area contributed by atoms with E-state index < -0.39 is 0 Å². The van der Waals surface area contributed by atoms with E-state index in [1.807, 2.05) is 37.6 Å². The van der Waals surface area contributed by atoms with E-state index in [0.29, 0.717) is 5.92 Å². The molecule has 1 aliphatic rings. The molecule has 0 unspecified atom stereocenters. The molecule has 2 aromatic rings. The predicted octanol–water partition coefficient (Wildman–Crippen LogP) is 3.20. The van der Waals surface area contributed by atoms with Crippen molar-refractivity contribution in [1.29, 1.82) is 0 Å². The fraction of sp³-hybridized carbons (Fsp3) is 0.471. The van der Waals surface area contributed by atoms with Gasteiger partial charge in [-0.3, -0.25) is 0 Å². The van der Waals surface area contributed by atoms with E-state index in [9.17, 15) is 0 Å². The molecule has 0 aromatic carbocycles. The molecule has 0 saturated carbocycles. The number of thioether (sulfide) groups is 1. The molecule has 6 heteroatoms. The maximum atomic E-state index is 5.90. The highest BCUT2D eigenvalue weighted by atomic mass is 32.2. The summed E-state index contributed by atoms with van der Waals surface area (Å²) < 4.78 is 5.90. The van der Waals surface area contributed by atoms with Crippen LogP contribution >= 0.6 is 11.8 Å². The van der Waals surface area contributed by atoms with Gasteiger partial charge in [-0.2, -0.15) is 0 Å². The number of anilines is 1. The van der Waals surface area contributed by atoms with Crippen molar-refractivity contribution >= 4 is 17.6 Å². The predicted molar refractivity (Wildman–Crippen MR) is 93.2 cm³/mol. The Morgan fingerprint density at radius 2 is 2.04 bits per heavy atom. The molecule has 0 spiro atoms. The third-order valence-corrected chi connectivity index (χ3v) is 4.72. The van der Waals surface area contributed by atoms with Gasteiger partial charge >= 0.3 is 0 Å². The number of hydrogen-bond acceptors (Lipinski definition) is 6. The monoisotopic (exact) mass is 330 g/mol. The zero-order chi connectivity index (χ0) is 16.1. The normalized spacial score (nSPS) is 15.7. The van der Waals surface area contributed by atoms with E-state index in [-0.39, 0.29) is 0 Å². The Labute approximate surface area is 141 Å². The molecule has 0 bridgehead atoms. The molecule has 0 atom stereocenters. The lowest BCUT2D eigenvalue weighted by molar-refractivity contribution is 0.214. The fourth-order valence-electron chi connectivity index (χ4n) is 2.75. The number of rotatable bonds is 5. The quantitative estimate of drug-likeness (QED) is 0.620. The Morgan fingerprint density at radius 3 is 2.78 bits per heavy atom. The van der Waals surface area contributed by atoms with Crippen LogP contribution in [0.15, 0.2) is 35.7 Å². The SMILES string of the molecule is CSc1nccc(N2CCC(COc3ncccc3C)CC2)n1. The second kappa shape index (κ2) is 7.64. The molecule has 0 amide bonds. The summed E-state index contributed by atoms with van der Waals surface area (Å²) in [6.07, 6.45) is 7.86. The van der Waals surface area contributed by atoms with Crippen LogP contribution in [0.25, 0.3) is 0 Å². The molecule has 1 aliphatic heterocycles. The second-order valence-electron chi connectivity index (χ2n) is 5.77. The molecule has 0 N–H and O–H groups in total. The van der Waals surface area contributed by atoms with Crippen LogP contribution in [0.4, 0.5) is 5.82 Å². The molecule has 122 valence electrons. The fourth-order valence-corrected chi connectivity index (χ4v) is 3.11. The van der Waals surface area contributed by atoms with Crippen LogP contribution in [0, 0.1) is 12.8 Å². The topological polar surface area (TPSA) is 51.1 Å². The highest BCUT2D eigenvalue weighted by Gasteiger charge is 2.21. The molecule has 1 fully saturated rings. The molecule has 2 aromatic heterocycles. The number of hydrogen-bond donors (Lipinski definition) is 0. The van der Waals surface area contributed by atoms with Gasteiger partial charge in [0, 0.05) is 31.0 Å². The summed E-state index contributed by atoms with van der Waals surface area (Å²) in [5, 5.41) is 0.832. The van der Waals surface area contributed by atoms with Crippen molar-refractivity contribution in [3.8, 4) is 5.88 Å². The minimum Gasteiger partial charge on any atom is -0.477 e. The van der Waals surface area contributed by atoms with Gasteiger partial charge in [-0.1, -0.05) is 17.8 Å². The molecule has 0 radical (unpaired) electrons. The first-order valence-corrected chi connectivity index (χ1v) is 9.15. The standard InChI is InChI=1S/C17H22N4OS/c1-13-4-3-8-18-16(13)22-12-14-6-10-21(11-7-14)15-5-9-19-17(20-15)23-2/h3-5,8-9,14H,6-7,10-12H2,1-2H3. The molecular weight excluding hydrogens is 308 g/mol. The summed E-state index contributed by atoms with van der Waals surface area (Å²) in [7, 11) is 0. The van der Waals surface area contributed by atoms with E-state index in [2.05, 4.69) is 19.9 Å². The number of pyridine rings is 1. The van der Waals surface area contributed by atoms with E-state index in [1.165, 1.54) is 0 Å². The average Bonchev–Trinajstić information content (AvgIpc) is 2.61. The van der Waals surface area contributed by atoms with Crippen molar-refractivity contribution in [1.82, 2.24) is 15.0 Å². The summed E-state index contributed by atoms with van der Waals surface area (Å²) in [5.74, 6) is 2.37. The minimum absolute atomic E-state index is 0.578. The van der Waals surface area contributed by atoms with E-state index in [1.54, 1.807) is 18.0 Å². The molecule has 0 aliphatic carbocycles. The Morgan fingerprint density at radius 1 is 1.22 bits per heavy atom. The first-order valence-electron chi connectivity index (χ1n) is 7.92. The van der Waals surface area contributed by atoms with Crippen molar-refractivity contribution < 1.29 is 4.74 Å². The van der Waals surface area contributed by atoms with Crippen molar-refractivity contribution in [2.75, 3.05) is 30.9 Å². The van der Waals surface area contributed by atoms with Gasteiger partial charge in [0.15, 0.2) is 5.16 Å². The number of aromatic nitrogens is 3. The molecule has 3 rings (SSSR count). The van der Waals surface area contributed by atoms with Crippen molar-refractivity contribution in [2.24, 2.45) is 5.92 Å². The van der Waals surface area contributed by atoms with Gasteiger partial charge in [-0.05, 0) is 44.1 Å². The summed E-state index contributed by atoms with van der Waals surface area (Å²) in [6.45, 7) is 4.80. The van der Waals surface area contributed by atoms with Crippen LogP contribution < -0.4 is 9.64 Å². The third kappa shape index (κ3) is 4.13. The zero-order valence-corrected chi connectivity index (χ0v) is 14.4. The number of ether oxygens (including phenoxy) is 1. The van der Waals surface area contributed by atoms with Crippen molar-refractivity contribution in [3.05, 3.63) is 36.2 Å². The van der Waals surface area contributed by atoms with Gasteiger partial charge in [0.1, 0.15) is 5.82 Å². The average molecular weight is 330 g/mol. The van der Waals surface area contributed by atoms with Gasteiger partial charge in [-0.15, -0.1) is 0 Å². The zero-order valence-electron chi connectivity index (χ0n) is 13.6. The van der Waals surface area contributed by atoms with Crippen LogP contribution in [0.3, 0.4) is 0 Å². The van der Waals surface area contributed by atoms with E-state index >= 15 is 0 Å². The first-order chi connectivity index (χ1) is 11.3. The Hall–Kier alpha value is -1.82. The summed E-state index contributed by atoms with van der Waals surface area (Å²) >= 11 is 1.58. The van der Waals surface area contributed by atoms with Crippen LogP contribution in [-0.4, -0.2) is 40.9 Å². The summed E-state index contributed by atoms with van der Waals surface area (Å²) in [4.78, 5) is 15.4. The number of nitrogens with zero attached hydrogens (tertiary/aromatic N) is 4. The lowest BCUT2D eigenvalue weighted by atomic mass is 9.98. The minimum atomic E-state index is 0.578. The van der Waals surface area contributed by atoms with Crippen LogP contribution in [0.5, 0.6) is 5.88 Å². The van der Waals surface area contributed by atoms with Gasteiger partial charge < -0.3 is 9.64 Å².